The van der Waals surface area contributed by atoms with Crippen LogP contribution in [0.5, 0.6) is 0 Å². The van der Waals surface area contributed by atoms with E-state index in [1.54, 1.807) is 0 Å². The van der Waals surface area contributed by atoms with Gasteiger partial charge in [0.1, 0.15) is 0 Å². The summed E-state index contributed by atoms with van der Waals surface area (Å²) >= 11 is 5.58. The third-order valence-corrected chi connectivity index (χ3v) is 2.06. The Hall–Kier alpha value is -0.240. The van der Waals surface area contributed by atoms with Crippen LogP contribution in [0.25, 0.3) is 0 Å². The smallest absolute Gasteiger partial charge is 0.220 e. The molecule has 78 valence electrons. The van der Waals surface area contributed by atoms with Gasteiger partial charge in [-0.3, -0.25) is 4.79 Å². The lowest BCUT2D eigenvalue weighted by Gasteiger charge is -2.11. The van der Waals surface area contributed by atoms with E-state index in [0.717, 1.165) is 13.0 Å². The van der Waals surface area contributed by atoms with E-state index in [9.17, 15) is 4.79 Å². The quantitative estimate of drug-likeness (QED) is 0.663. The molecular formula is C10H20ClNO. The van der Waals surface area contributed by atoms with Crippen molar-refractivity contribution in [1.29, 1.82) is 0 Å². The lowest BCUT2D eigenvalue weighted by molar-refractivity contribution is -0.121. The van der Waals surface area contributed by atoms with Gasteiger partial charge in [0.05, 0.1) is 0 Å². The lowest BCUT2D eigenvalue weighted by atomic mass is 10.1. The molecule has 0 fully saturated rings. The molecule has 1 unspecified atom stereocenters. The number of rotatable bonds is 6. The SMILES string of the molecule is CC(C)CC(=O)NCC(C)CCCl. The van der Waals surface area contributed by atoms with Crippen LogP contribution >= 0.6 is 11.6 Å². The second-order valence-electron chi connectivity index (χ2n) is 3.98. The molecule has 0 aromatic carbocycles. The Morgan fingerprint density at radius 1 is 1.38 bits per heavy atom. The fourth-order valence-corrected chi connectivity index (χ4v) is 1.39. The summed E-state index contributed by atoms with van der Waals surface area (Å²) in [5.41, 5.74) is 0. The zero-order chi connectivity index (χ0) is 10.3. The molecule has 0 bridgehead atoms. The van der Waals surface area contributed by atoms with Gasteiger partial charge in [-0.05, 0) is 18.3 Å². The minimum absolute atomic E-state index is 0.149. The highest BCUT2D eigenvalue weighted by molar-refractivity contribution is 6.17. The minimum atomic E-state index is 0.149. The van der Waals surface area contributed by atoms with Crippen molar-refractivity contribution in [2.75, 3.05) is 12.4 Å². The van der Waals surface area contributed by atoms with Crippen molar-refractivity contribution in [3.63, 3.8) is 0 Å². The van der Waals surface area contributed by atoms with E-state index in [2.05, 4.69) is 12.2 Å². The largest absolute Gasteiger partial charge is 0.356 e. The average molecular weight is 206 g/mol. The summed E-state index contributed by atoms with van der Waals surface area (Å²) in [6.45, 7) is 6.93. The van der Waals surface area contributed by atoms with E-state index in [0.29, 0.717) is 24.1 Å². The fraction of sp³-hybridized carbons (Fsp3) is 0.900. The van der Waals surface area contributed by atoms with Crippen LogP contribution in [0, 0.1) is 11.8 Å². The van der Waals surface area contributed by atoms with Crippen LogP contribution in [0.1, 0.15) is 33.6 Å². The molecular weight excluding hydrogens is 186 g/mol. The number of amides is 1. The molecule has 0 aromatic heterocycles. The van der Waals surface area contributed by atoms with E-state index < -0.39 is 0 Å². The molecule has 13 heavy (non-hydrogen) atoms. The molecule has 0 radical (unpaired) electrons. The molecule has 0 aliphatic carbocycles. The summed E-state index contributed by atoms with van der Waals surface area (Å²) in [6, 6.07) is 0. The number of hydrogen-bond acceptors (Lipinski definition) is 1. The summed E-state index contributed by atoms with van der Waals surface area (Å²) in [5.74, 6) is 1.73. The minimum Gasteiger partial charge on any atom is -0.356 e. The number of hydrogen-bond donors (Lipinski definition) is 1. The summed E-state index contributed by atoms with van der Waals surface area (Å²) in [6.07, 6.45) is 1.58. The zero-order valence-electron chi connectivity index (χ0n) is 8.77. The first-order chi connectivity index (χ1) is 6.06. The van der Waals surface area contributed by atoms with E-state index in [1.807, 2.05) is 13.8 Å². The Kier molecular flexibility index (Phi) is 7.06. The van der Waals surface area contributed by atoms with Crippen molar-refractivity contribution in [1.82, 2.24) is 5.32 Å². The third-order valence-electron chi connectivity index (χ3n) is 1.84. The molecule has 0 saturated carbocycles. The highest BCUT2D eigenvalue weighted by Crippen LogP contribution is 2.02. The van der Waals surface area contributed by atoms with Crippen molar-refractivity contribution in [3.8, 4) is 0 Å². The van der Waals surface area contributed by atoms with Crippen LogP contribution in [0.3, 0.4) is 0 Å². The third kappa shape index (κ3) is 8.10. The van der Waals surface area contributed by atoms with Gasteiger partial charge in [-0.1, -0.05) is 20.8 Å². The number of halogens is 1. The monoisotopic (exact) mass is 205 g/mol. The van der Waals surface area contributed by atoms with Crippen molar-refractivity contribution in [3.05, 3.63) is 0 Å². The standard InChI is InChI=1S/C10H20ClNO/c1-8(2)6-10(13)12-7-9(3)4-5-11/h8-9H,4-7H2,1-3H3,(H,12,13). The Balaban J connectivity index is 3.46. The second kappa shape index (κ2) is 7.19. The zero-order valence-corrected chi connectivity index (χ0v) is 9.53. The Morgan fingerprint density at radius 3 is 2.46 bits per heavy atom. The molecule has 0 aliphatic heterocycles. The van der Waals surface area contributed by atoms with Crippen molar-refractivity contribution in [2.45, 2.75) is 33.6 Å². The van der Waals surface area contributed by atoms with E-state index in [-0.39, 0.29) is 5.91 Å². The van der Waals surface area contributed by atoms with Gasteiger partial charge >= 0.3 is 0 Å². The number of nitrogens with one attached hydrogen (secondary N) is 1. The van der Waals surface area contributed by atoms with Gasteiger partial charge in [-0.2, -0.15) is 0 Å². The maximum atomic E-state index is 11.2. The van der Waals surface area contributed by atoms with E-state index in [1.165, 1.54) is 0 Å². The van der Waals surface area contributed by atoms with Gasteiger partial charge < -0.3 is 5.32 Å². The Bertz CT molecular complexity index is 148. The second-order valence-corrected chi connectivity index (χ2v) is 4.36. The van der Waals surface area contributed by atoms with Crippen LogP contribution in [0.4, 0.5) is 0 Å². The molecule has 0 saturated heterocycles. The normalized spacial score (nSPS) is 13.0. The van der Waals surface area contributed by atoms with Crippen LogP contribution in [0.15, 0.2) is 0 Å². The highest BCUT2D eigenvalue weighted by Gasteiger charge is 2.06. The van der Waals surface area contributed by atoms with E-state index >= 15 is 0 Å². The number of carbonyl (C=O) groups excluding carboxylic acids is 1. The van der Waals surface area contributed by atoms with Gasteiger partial charge in [0.2, 0.25) is 5.91 Å². The van der Waals surface area contributed by atoms with Crippen LogP contribution in [-0.4, -0.2) is 18.3 Å². The molecule has 0 heterocycles. The molecule has 1 N–H and O–H groups in total. The van der Waals surface area contributed by atoms with Crippen molar-refractivity contribution < 1.29 is 4.79 Å². The molecule has 3 heteroatoms. The maximum absolute atomic E-state index is 11.2. The Labute approximate surface area is 86.0 Å². The van der Waals surface area contributed by atoms with E-state index in [4.69, 9.17) is 11.6 Å². The van der Waals surface area contributed by atoms with Crippen molar-refractivity contribution >= 4 is 17.5 Å². The molecule has 0 aliphatic rings. The first kappa shape index (κ1) is 12.8. The van der Waals surface area contributed by atoms with Crippen LogP contribution < -0.4 is 5.32 Å². The summed E-state index contributed by atoms with van der Waals surface area (Å²) < 4.78 is 0. The molecule has 0 spiro atoms. The molecule has 0 aromatic rings. The van der Waals surface area contributed by atoms with Gasteiger partial charge in [0, 0.05) is 18.8 Å². The maximum Gasteiger partial charge on any atom is 0.220 e. The summed E-state index contributed by atoms with van der Waals surface area (Å²) in [7, 11) is 0. The highest BCUT2D eigenvalue weighted by atomic mass is 35.5. The van der Waals surface area contributed by atoms with Gasteiger partial charge in [-0.25, -0.2) is 0 Å². The lowest BCUT2D eigenvalue weighted by Crippen LogP contribution is -2.29. The number of carbonyl (C=O) groups is 1. The van der Waals surface area contributed by atoms with Crippen molar-refractivity contribution in [2.24, 2.45) is 11.8 Å². The molecule has 1 amide bonds. The first-order valence-electron chi connectivity index (χ1n) is 4.89. The van der Waals surface area contributed by atoms with Gasteiger partial charge in [0.15, 0.2) is 0 Å². The molecule has 0 rings (SSSR count). The topological polar surface area (TPSA) is 29.1 Å². The summed E-state index contributed by atoms with van der Waals surface area (Å²) in [4.78, 5) is 11.2. The predicted octanol–water partition coefficient (Wildman–Crippen LogP) is 2.41. The van der Waals surface area contributed by atoms with Crippen LogP contribution in [-0.2, 0) is 4.79 Å². The first-order valence-corrected chi connectivity index (χ1v) is 5.42. The Morgan fingerprint density at radius 2 is 2.00 bits per heavy atom. The molecule has 2 nitrogen and oxygen atoms in total. The summed E-state index contributed by atoms with van der Waals surface area (Å²) in [5, 5.41) is 2.90. The molecule has 1 atom stereocenters. The fourth-order valence-electron chi connectivity index (χ4n) is 1.02. The average Bonchev–Trinajstić information content (AvgIpc) is 2.00. The number of alkyl halides is 1. The van der Waals surface area contributed by atoms with Crippen LogP contribution in [0.2, 0.25) is 0 Å². The predicted molar refractivity (Wildman–Crippen MR) is 57.0 cm³/mol. The van der Waals surface area contributed by atoms with Gasteiger partial charge in [0.25, 0.3) is 0 Å². The van der Waals surface area contributed by atoms with Gasteiger partial charge in [-0.15, -0.1) is 11.6 Å².